The Morgan fingerprint density at radius 1 is 1.29 bits per heavy atom. The van der Waals surface area contributed by atoms with Gasteiger partial charge in [0.05, 0.1) is 17.9 Å². The average molecular weight is 319 g/mol. The first-order valence-corrected chi connectivity index (χ1v) is 7.20. The van der Waals surface area contributed by atoms with E-state index in [1.54, 1.807) is 0 Å². The zero-order valence-electron chi connectivity index (χ0n) is 10.8. The number of benzene rings is 1. The molecule has 1 N–H and O–H groups in total. The second kappa shape index (κ2) is 5.97. The molecule has 0 radical (unpaired) electrons. The van der Waals surface area contributed by atoms with E-state index in [0.29, 0.717) is 11.3 Å². The Morgan fingerprint density at radius 3 is 2.43 bits per heavy atom. The normalized spacial score (nSPS) is 18.8. The van der Waals surface area contributed by atoms with E-state index < -0.39 is 29.7 Å². The van der Waals surface area contributed by atoms with Gasteiger partial charge < -0.3 is 10.0 Å². The Labute approximate surface area is 122 Å². The molecule has 1 fully saturated rings. The van der Waals surface area contributed by atoms with Crippen molar-refractivity contribution in [3.8, 4) is 0 Å². The van der Waals surface area contributed by atoms with Crippen LogP contribution in [0.4, 0.5) is 13.2 Å². The Balaban J connectivity index is 2.04. The van der Waals surface area contributed by atoms with Gasteiger partial charge in [-0.3, -0.25) is 4.79 Å². The van der Waals surface area contributed by atoms with E-state index in [0.717, 1.165) is 12.1 Å². The number of amides is 1. The Kier molecular flexibility index (Phi) is 4.46. The first kappa shape index (κ1) is 15.7. The minimum Gasteiger partial charge on any atom is -0.480 e. The molecule has 1 atom stereocenters. The molecule has 1 aromatic rings. The van der Waals surface area contributed by atoms with Crippen LogP contribution in [-0.2, 0) is 22.2 Å². The highest BCUT2D eigenvalue weighted by Gasteiger charge is 2.34. The van der Waals surface area contributed by atoms with Crippen LogP contribution in [-0.4, -0.2) is 39.6 Å². The van der Waals surface area contributed by atoms with Gasteiger partial charge in [0.1, 0.15) is 6.04 Å². The molecule has 114 valence electrons. The summed E-state index contributed by atoms with van der Waals surface area (Å²) in [5.74, 6) is -0.849. The molecule has 1 saturated heterocycles. The topological polar surface area (TPSA) is 57.6 Å². The van der Waals surface area contributed by atoms with Crippen molar-refractivity contribution >= 4 is 23.6 Å². The first-order chi connectivity index (χ1) is 9.79. The maximum Gasteiger partial charge on any atom is 0.416 e. The van der Waals surface area contributed by atoms with Crippen LogP contribution in [0.15, 0.2) is 24.3 Å². The van der Waals surface area contributed by atoms with Crippen LogP contribution >= 0.6 is 11.8 Å². The molecule has 1 aliphatic rings. The van der Waals surface area contributed by atoms with Gasteiger partial charge in [-0.25, -0.2) is 4.79 Å². The summed E-state index contributed by atoms with van der Waals surface area (Å²) in [7, 11) is 0. The molecule has 2 rings (SSSR count). The summed E-state index contributed by atoms with van der Waals surface area (Å²) < 4.78 is 37.3. The van der Waals surface area contributed by atoms with Crippen molar-refractivity contribution in [3.05, 3.63) is 35.4 Å². The lowest BCUT2D eigenvalue weighted by Gasteiger charge is -2.20. The summed E-state index contributed by atoms with van der Waals surface area (Å²) in [5.41, 5.74) is -0.354. The highest BCUT2D eigenvalue weighted by atomic mass is 32.2. The number of hydrogen-bond donors (Lipinski definition) is 1. The third-order valence-electron chi connectivity index (χ3n) is 3.12. The predicted octanol–water partition coefficient (Wildman–Crippen LogP) is 2.23. The molecule has 0 aliphatic carbocycles. The molecule has 1 aromatic carbocycles. The van der Waals surface area contributed by atoms with Crippen LogP contribution in [0.25, 0.3) is 0 Å². The number of aliphatic carboxylic acids is 1. The van der Waals surface area contributed by atoms with E-state index in [2.05, 4.69) is 0 Å². The second-order valence-corrected chi connectivity index (χ2v) is 5.59. The standard InChI is InChI=1S/C13H12F3NO3S/c14-13(15,16)9-3-1-8(2-4-9)5-11(18)17-7-21-6-10(17)12(19)20/h1-4,10H,5-7H2,(H,19,20). The van der Waals surface area contributed by atoms with Gasteiger partial charge in [-0.2, -0.15) is 13.2 Å². The molecule has 0 bridgehead atoms. The number of carbonyl (C=O) groups is 2. The van der Waals surface area contributed by atoms with Crippen LogP contribution in [0, 0.1) is 0 Å². The molecule has 1 unspecified atom stereocenters. The maximum absolute atomic E-state index is 12.4. The van der Waals surface area contributed by atoms with Gasteiger partial charge in [-0.05, 0) is 17.7 Å². The molecule has 1 heterocycles. The van der Waals surface area contributed by atoms with Gasteiger partial charge in [0.15, 0.2) is 0 Å². The summed E-state index contributed by atoms with van der Waals surface area (Å²) in [5, 5.41) is 8.99. The van der Waals surface area contributed by atoms with Crippen LogP contribution in [0.1, 0.15) is 11.1 Å². The van der Waals surface area contributed by atoms with Crippen LogP contribution in [0.3, 0.4) is 0 Å². The van der Waals surface area contributed by atoms with Gasteiger partial charge in [-0.1, -0.05) is 12.1 Å². The fraction of sp³-hybridized carbons (Fsp3) is 0.385. The largest absolute Gasteiger partial charge is 0.480 e. The lowest BCUT2D eigenvalue weighted by Crippen LogP contribution is -2.42. The Hall–Kier alpha value is -1.70. The average Bonchev–Trinajstić information content (AvgIpc) is 2.87. The van der Waals surface area contributed by atoms with E-state index in [9.17, 15) is 22.8 Å². The zero-order chi connectivity index (χ0) is 15.6. The fourth-order valence-corrected chi connectivity index (χ4v) is 3.15. The van der Waals surface area contributed by atoms with E-state index in [-0.39, 0.29) is 12.3 Å². The molecule has 0 saturated carbocycles. The smallest absolute Gasteiger partial charge is 0.416 e. The third kappa shape index (κ3) is 3.69. The lowest BCUT2D eigenvalue weighted by molar-refractivity contribution is -0.147. The second-order valence-electron chi connectivity index (χ2n) is 4.59. The SMILES string of the molecule is O=C(O)C1CSCN1C(=O)Cc1ccc(C(F)(F)F)cc1. The van der Waals surface area contributed by atoms with Crippen molar-refractivity contribution in [2.75, 3.05) is 11.6 Å². The van der Waals surface area contributed by atoms with Crippen molar-refractivity contribution in [1.29, 1.82) is 0 Å². The third-order valence-corrected chi connectivity index (χ3v) is 4.14. The molecular formula is C13H12F3NO3S. The van der Waals surface area contributed by atoms with Gasteiger partial charge >= 0.3 is 12.1 Å². The molecule has 1 aliphatic heterocycles. The zero-order valence-corrected chi connectivity index (χ0v) is 11.6. The van der Waals surface area contributed by atoms with Crippen molar-refractivity contribution in [3.63, 3.8) is 0 Å². The van der Waals surface area contributed by atoms with Gasteiger partial charge in [0, 0.05) is 5.75 Å². The highest BCUT2D eigenvalue weighted by molar-refractivity contribution is 7.99. The molecule has 4 nitrogen and oxygen atoms in total. The molecular weight excluding hydrogens is 307 g/mol. The number of halogens is 3. The van der Waals surface area contributed by atoms with Crippen molar-refractivity contribution in [1.82, 2.24) is 4.90 Å². The van der Waals surface area contributed by atoms with Gasteiger partial charge in [-0.15, -0.1) is 11.8 Å². The van der Waals surface area contributed by atoms with Gasteiger partial charge in [0.2, 0.25) is 5.91 Å². The van der Waals surface area contributed by atoms with Gasteiger partial charge in [0.25, 0.3) is 0 Å². The van der Waals surface area contributed by atoms with E-state index >= 15 is 0 Å². The summed E-state index contributed by atoms with van der Waals surface area (Å²) in [4.78, 5) is 24.3. The quantitative estimate of drug-likeness (QED) is 0.928. The number of nitrogens with zero attached hydrogens (tertiary/aromatic N) is 1. The Bertz CT molecular complexity index is 545. The molecule has 0 aromatic heterocycles. The molecule has 1 amide bonds. The molecule has 21 heavy (non-hydrogen) atoms. The van der Waals surface area contributed by atoms with E-state index in [1.807, 2.05) is 0 Å². The van der Waals surface area contributed by atoms with E-state index in [1.165, 1.54) is 28.8 Å². The number of rotatable bonds is 3. The molecule has 0 spiro atoms. The minimum absolute atomic E-state index is 0.109. The summed E-state index contributed by atoms with van der Waals surface area (Å²) in [6.07, 6.45) is -4.52. The van der Waals surface area contributed by atoms with Crippen LogP contribution in [0.2, 0.25) is 0 Å². The number of carboxylic acid groups (broad SMARTS) is 1. The van der Waals surface area contributed by atoms with Crippen molar-refractivity contribution in [2.45, 2.75) is 18.6 Å². The first-order valence-electron chi connectivity index (χ1n) is 6.05. The lowest BCUT2D eigenvalue weighted by atomic mass is 10.1. The van der Waals surface area contributed by atoms with Crippen LogP contribution in [0.5, 0.6) is 0 Å². The maximum atomic E-state index is 12.4. The monoisotopic (exact) mass is 319 g/mol. The number of alkyl halides is 3. The van der Waals surface area contributed by atoms with Crippen molar-refractivity contribution < 1.29 is 27.9 Å². The fourth-order valence-electron chi connectivity index (χ4n) is 1.98. The number of hydrogen-bond acceptors (Lipinski definition) is 3. The predicted molar refractivity (Wildman–Crippen MR) is 70.7 cm³/mol. The van der Waals surface area contributed by atoms with Crippen molar-refractivity contribution in [2.24, 2.45) is 0 Å². The summed E-state index contributed by atoms with van der Waals surface area (Å²) >= 11 is 1.34. The molecule has 8 heteroatoms. The number of carboxylic acids is 1. The highest BCUT2D eigenvalue weighted by Crippen LogP contribution is 2.29. The Morgan fingerprint density at radius 2 is 1.90 bits per heavy atom. The summed E-state index contributed by atoms with van der Waals surface area (Å²) in [6.45, 7) is 0. The number of thioether (sulfide) groups is 1. The van der Waals surface area contributed by atoms with E-state index in [4.69, 9.17) is 5.11 Å². The number of carbonyl (C=O) groups excluding carboxylic acids is 1. The minimum atomic E-state index is -4.41. The van der Waals surface area contributed by atoms with Crippen LogP contribution < -0.4 is 0 Å². The summed E-state index contributed by atoms with van der Waals surface area (Å²) in [6, 6.07) is 3.43.